The van der Waals surface area contributed by atoms with Gasteiger partial charge in [0, 0.05) is 11.6 Å². The van der Waals surface area contributed by atoms with Crippen molar-refractivity contribution in [1.82, 2.24) is 4.90 Å². The molecule has 0 amide bonds. The standard InChI is InChI=1S/C24H26Cl2F3NO/c1-16(31-19-9-6-17(7-10-19)24(27,28)29)22-5-2-3-14-30(22)23(12-4-13-23)18-8-11-20(25)21(26)15-18/h6-11,15-16,22H,2-5,12-14H2,1H3. The third kappa shape index (κ3) is 4.55. The Morgan fingerprint density at radius 1 is 1.00 bits per heavy atom. The largest absolute Gasteiger partial charge is 0.489 e. The molecule has 31 heavy (non-hydrogen) atoms. The van der Waals surface area contributed by atoms with E-state index in [1.807, 2.05) is 19.1 Å². The van der Waals surface area contributed by atoms with E-state index in [1.165, 1.54) is 17.7 Å². The molecule has 0 bridgehead atoms. The summed E-state index contributed by atoms with van der Waals surface area (Å²) in [6, 6.07) is 11.0. The average Bonchev–Trinajstić information content (AvgIpc) is 2.70. The zero-order valence-corrected chi connectivity index (χ0v) is 18.9. The highest BCUT2D eigenvalue weighted by atomic mass is 35.5. The van der Waals surface area contributed by atoms with Crippen LogP contribution in [-0.4, -0.2) is 23.6 Å². The summed E-state index contributed by atoms with van der Waals surface area (Å²) >= 11 is 12.5. The van der Waals surface area contributed by atoms with E-state index in [0.717, 1.165) is 57.2 Å². The van der Waals surface area contributed by atoms with Gasteiger partial charge in [-0.25, -0.2) is 0 Å². The van der Waals surface area contributed by atoms with Gasteiger partial charge in [-0.3, -0.25) is 4.90 Å². The molecule has 0 N–H and O–H groups in total. The van der Waals surface area contributed by atoms with Crippen molar-refractivity contribution < 1.29 is 17.9 Å². The summed E-state index contributed by atoms with van der Waals surface area (Å²) in [5.41, 5.74) is 0.429. The fourth-order valence-corrected chi connectivity index (χ4v) is 5.33. The Morgan fingerprint density at radius 2 is 1.71 bits per heavy atom. The predicted octanol–water partition coefficient (Wildman–Crippen LogP) is 7.71. The van der Waals surface area contributed by atoms with E-state index in [4.69, 9.17) is 27.9 Å². The summed E-state index contributed by atoms with van der Waals surface area (Å²) in [6.07, 6.45) is 1.97. The molecule has 4 rings (SSSR count). The number of ether oxygens (including phenoxy) is 1. The van der Waals surface area contributed by atoms with Crippen molar-refractivity contribution in [3.63, 3.8) is 0 Å². The highest BCUT2D eigenvalue weighted by Gasteiger charge is 2.48. The minimum Gasteiger partial charge on any atom is -0.489 e. The molecular formula is C24H26Cl2F3NO. The van der Waals surface area contributed by atoms with E-state index < -0.39 is 11.7 Å². The summed E-state index contributed by atoms with van der Waals surface area (Å²) in [5, 5.41) is 1.11. The van der Waals surface area contributed by atoms with Crippen LogP contribution in [0.4, 0.5) is 13.2 Å². The molecule has 1 aliphatic heterocycles. The van der Waals surface area contributed by atoms with E-state index in [9.17, 15) is 13.2 Å². The topological polar surface area (TPSA) is 12.5 Å². The number of halogens is 5. The number of hydrogen-bond acceptors (Lipinski definition) is 2. The second kappa shape index (κ2) is 8.84. The maximum Gasteiger partial charge on any atom is 0.416 e. The number of likely N-dealkylation sites (tertiary alicyclic amines) is 1. The predicted molar refractivity (Wildman–Crippen MR) is 118 cm³/mol. The quantitative estimate of drug-likeness (QED) is 0.442. The van der Waals surface area contributed by atoms with Crippen LogP contribution in [-0.2, 0) is 11.7 Å². The Morgan fingerprint density at radius 3 is 2.29 bits per heavy atom. The highest BCUT2D eigenvalue weighted by molar-refractivity contribution is 6.42. The third-order valence-corrected chi connectivity index (χ3v) is 7.52. The van der Waals surface area contributed by atoms with Gasteiger partial charge in [-0.05, 0) is 87.5 Å². The van der Waals surface area contributed by atoms with Gasteiger partial charge in [0.15, 0.2) is 0 Å². The summed E-state index contributed by atoms with van der Waals surface area (Å²) in [7, 11) is 0. The van der Waals surface area contributed by atoms with Crippen LogP contribution in [0, 0.1) is 0 Å². The summed E-state index contributed by atoms with van der Waals surface area (Å²) < 4.78 is 44.7. The van der Waals surface area contributed by atoms with E-state index in [-0.39, 0.29) is 17.7 Å². The second-order valence-electron chi connectivity index (χ2n) is 8.62. The Hall–Kier alpha value is -1.43. The maximum atomic E-state index is 12.9. The Labute approximate surface area is 191 Å². The van der Waals surface area contributed by atoms with E-state index in [0.29, 0.717) is 15.8 Å². The maximum absolute atomic E-state index is 12.9. The van der Waals surface area contributed by atoms with Gasteiger partial charge in [0.05, 0.1) is 15.6 Å². The lowest BCUT2D eigenvalue weighted by Gasteiger charge is -2.56. The van der Waals surface area contributed by atoms with Crippen molar-refractivity contribution in [3.8, 4) is 5.75 Å². The molecule has 2 aromatic rings. The van der Waals surface area contributed by atoms with Crippen LogP contribution in [0.15, 0.2) is 42.5 Å². The molecule has 1 heterocycles. The van der Waals surface area contributed by atoms with E-state index in [2.05, 4.69) is 11.0 Å². The number of rotatable bonds is 5. The van der Waals surface area contributed by atoms with Crippen molar-refractivity contribution in [1.29, 1.82) is 0 Å². The van der Waals surface area contributed by atoms with Crippen molar-refractivity contribution in [2.75, 3.05) is 6.54 Å². The number of alkyl halides is 3. The van der Waals surface area contributed by atoms with Gasteiger partial charge >= 0.3 is 6.18 Å². The van der Waals surface area contributed by atoms with Gasteiger partial charge in [0.25, 0.3) is 0 Å². The fourth-order valence-electron chi connectivity index (χ4n) is 5.03. The number of piperidine rings is 1. The van der Waals surface area contributed by atoms with Crippen LogP contribution in [0.3, 0.4) is 0 Å². The van der Waals surface area contributed by atoms with Crippen LogP contribution in [0.1, 0.15) is 56.6 Å². The molecule has 1 saturated carbocycles. The number of hydrogen-bond donors (Lipinski definition) is 0. The van der Waals surface area contributed by atoms with Gasteiger partial charge in [-0.2, -0.15) is 13.2 Å². The van der Waals surface area contributed by atoms with Crippen molar-refractivity contribution >= 4 is 23.2 Å². The minimum absolute atomic E-state index is 0.0862. The highest BCUT2D eigenvalue weighted by Crippen LogP contribution is 2.50. The molecule has 2 nitrogen and oxygen atoms in total. The molecule has 0 radical (unpaired) electrons. The third-order valence-electron chi connectivity index (χ3n) is 6.78. The average molecular weight is 472 g/mol. The first-order chi connectivity index (χ1) is 14.7. The molecule has 168 valence electrons. The molecule has 2 atom stereocenters. The molecule has 2 aliphatic rings. The van der Waals surface area contributed by atoms with Crippen LogP contribution < -0.4 is 4.74 Å². The summed E-state index contributed by atoms with van der Waals surface area (Å²) in [5.74, 6) is 0.461. The lowest BCUT2D eigenvalue weighted by Crippen LogP contribution is -2.60. The number of nitrogens with zero attached hydrogens (tertiary/aromatic N) is 1. The van der Waals surface area contributed by atoms with Gasteiger partial charge in [0.2, 0.25) is 0 Å². The first kappa shape index (κ1) is 22.8. The zero-order chi connectivity index (χ0) is 22.2. The Bertz CT molecular complexity index is 912. The van der Waals surface area contributed by atoms with Gasteiger partial charge in [-0.1, -0.05) is 35.7 Å². The first-order valence-electron chi connectivity index (χ1n) is 10.8. The zero-order valence-electron chi connectivity index (χ0n) is 17.4. The molecule has 2 unspecified atom stereocenters. The SMILES string of the molecule is CC(Oc1ccc(C(F)(F)F)cc1)C1CCCCN1C1(c2ccc(Cl)c(Cl)c2)CCC1. The van der Waals surface area contributed by atoms with E-state index >= 15 is 0 Å². The Balaban J connectivity index is 1.55. The van der Waals surface area contributed by atoms with Crippen molar-refractivity contribution in [2.24, 2.45) is 0 Å². The molecule has 2 fully saturated rings. The van der Waals surface area contributed by atoms with Crippen molar-refractivity contribution in [2.45, 2.75) is 69.3 Å². The molecule has 0 spiro atoms. The fraction of sp³-hybridized carbons (Fsp3) is 0.500. The van der Waals surface area contributed by atoms with Crippen molar-refractivity contribution in [3.05, 3.63) is 63.6 Å². The van der Waals surface area contributed by atoms with Gasteiger partial charge in [-0.15, -0.1) is 0 Å². The second-order valence-corrected chi connectivity index (χ2v) is 9.43. The normalized spacial score (nSPS) is 22.6. The molecule has 1 aliphatic carbocycles. The molecule has 7 heteroatoms. The van der Waals surface area contributed by atoms with Crippen LogP contribution in [0.5, 0.6) is 5.75 Å². The molecular weight excluding hydrogens is 446 g/mol. The van der Waals surface area contributed by atoms with Gasteiger partial charge in [0.1, 0.15) is 11.9 Å². The van der Waals surface area contributed by atoms with Crippen LogP contribution in [0.2, 0.25) is 10.0 Å². The molecule has 2 aromatic carbocycles. The molecule has 0 aromatic heterocycles. The summed E-state index contributed by atoms with van der Waals surface area (Å²) in [4.78, 5) is 2.55. The van der Waals surface area contributed by atoms with E-state index in [1.54, 1.807) is 0 Å². The Kier molecular flexibility index (Phi) is 6.49. The number of benzene rings is 2. The van der Waals surface area contributed by atoms with Gasteiger partial charge < -0.3 is 4.74 Å². The molecule has 1 saturated heterocycles. The summed E-state index contributed by atoms with van der Waals surface area (Å²) in [6.45, 7) is 2.98. The minimum atomic E-state index is -4.35. The van der Waals surface area contributed by atoms with Crippen LogP contribution >= 0.6 is 23.2 Å². The lowest BCUT2D eigenvalue weighted by atomic mass is 9.68. The van der Waals surface area contributed by atoms with Crippen LogP contribution in [0.25, 0.3) is 0 Å². The lowest BCUT2D eigenvalue weighted by molar-refractivity contribution is -0.137. The first-order valence-corrected chi connectivity index (χ1v) is 11.5. The monoisotopic (exact) mass is 471 g/mol. The smallest absolute Gasteiger partial charge is 0.416 e.